The molecule has 0 fully saturated rings. The minimum atomic E-state index is 0.235. The molecule has 1 heterocycles. The highest BCUT2D eigenvalue weighted by Crippen LogP contribution is 2.27. The number of fused-ring (bicyclic) bond motifs is 1. The van der Waals surface area contributed by atoms with Crippen LogP contribution < -0.4 is 0 Å². The maximum absolute atomic E-state index is 12.9. The smallest absolute Gasteiger partial charge is 0.177 e. The van der Waals surface area contributed by atoms with Crippen molar-refractivity contribution < 1.29 is 4.79 Å². The van der Waals surface area contributed by atoms with Crippen LogP contribution in [0, 0.1) is 12.8 Å². The predicted molar refractivity (Wildman–Crippen MR) is 111 cm³/mol. The van der Waals surface area contributed by atoms with E-state index in [2.05, 4.69) is 26.8 Å². The fraction of sp³-hybridized carbons (Fsp3) is 0.696. The molecule has 0 saturated heterocycles. The van der Waals surface area contributed by atoms with Crippen molar-refractivity contribution in [2.75, 3.05) is 0 Å². The van der Waals surface area contributed by atoms with Gasteiger partial charge in [-0.25, -0.2) is 4.99 Å². The van der Waals surface area contributed by atoms with Crippen LogP contribution in [-0.2, 0) is 17.6 Å². The summed E-state index contributed by atoms with van der Waals surface area (Å²) in [5.41, 5.74) is 5.20. The summed E-state index contributed by atoms with van der Waals surface area (Å²) in [6.45, 7) is 8.59. The Morgan fingerprint density at radius 1 is 1.19 bits per heavy atom. The van der Waals surface area contributed by atoms with E-state index >= 15 is 0 Å². The Labute approximate surface area is 159 Å². The second-order valence-electron chi connectivity index (χ2n) is 7.94. The van der Waals surface area contributed by atoms with Crippen LogP contribution in [0.15, 0.2) is 11.1 Å². The zero-order valence-corrected chi connectivity index (χ0v) is 17.2. The van der Waals surface area contributed by atoms with Crippen LogP contribution in [0.1, 0.15) is 95.5 Å². The Hall–Kier alpha value is -1.51. The Morgan fingerprint density at radius 3 is 2.65 bits per heavy atom. The van der Waals surface area contributed by atoms with Gasteiger partial charge < -0.3 is 0 Å². The highest BCUT2D eigenvalue weighted by atomic mass is 16.1. The standard InChI is InChI=1S/C23H36N2O/c1-5-7-11-17(3)15-23(26)21(13-8-6-2)25-22-16-19-12-9-10-14-20(19)24-18(22)4/h16-17H,5-15H2,1-4H3/b25-21+. The van der Waals surface area contributed by atoms with E-state index in [0.29, 0.717) is 12.3 Å². The number of unbranched alkanes of at least 4 members (excludes halogenated alkanes) is 2. The van der Waals surface area contributed by atoms with E-state index in [1.165, 1.54) is 36.9 Å². The third kappa shape index (κ3) is 6.03. The number of nitrogens with zero attached hydrogens (tertiary/aromatic N) is 2. The van der Waals surface area contributed by atoms with E-state index in [1.807, 2.05) is 6.92 Å². The summed E-state index contributed by atoms with van der Waals surface area (Å²) in [5.74, 6) is 0.677. The van der Waals surface area contributed by atoms with Gasteiger partial charge in [0.25, 0.3) is 0 Å². The van der Waals surface area contributed by atoms with Crippen LogP contribution in [-0.4, -0.2) is 16.5 Å². The molecule has 1 aromatic heterocycles. The van der Waals surface area contributed by atoms with Crippen molar-refractivity contribution in [2.45, 2.75) is 98.3 Å². The van der Waals surface area contributed by atoms with Crippen LogP contribution in [0.2, 0.25) is 0 Å². The average molecular weight is 357 g/mol. The number of aromatic nitrogens is 1. The predicted octanol–water partition coefficient (Wildman–Crippen LogP) is 6.32. The second-order valence-corrected chi connectivity index (χ2v) is 7.94. The van der Waals surface area contributed by atoms with Gasteiger partial charge in [0.1, 0.15) is 0 Å². The van der Waals surface area contributed by atoms with Gasteiger partial charge in [-0.15, -0.1) is 0 Å². The van der Waals surface area contributed by atoms with Gasteiger partial charge in [-0.1, -0.05) is 46.5 Å². The molecule has 0 spiro atoms. The first kappa shape index (κ1) is 20.8. The van der Waals surface area contributed by atoms with Gasteiger partial charge in [0.05, 0.1) is 17.1 Å². The largest absolute Gasteiger partial charge is 0.293 e. The highest BCUT2D eigenvalue weighted by molar-refractivity contribution is 6.40. The monoisotopic (exact) mass is 356 g/mol. The highest BCUT2D eigenvalue weighted by Gasteiger charge is 2.17. The van der Waals surface area contributed by atoms with Gasteiger partial charge in [0.2, 0.25) is 0 Å². The number of aliphatic imine (C=N–C) groups is 1. The van der Waals surface area contributed by atoms with Gasteiger partial charge in [-0.05, 0) is 63.0 Å². The van der Waals surface area contributed by atoms with Crippen LogP contribution in [0.5, 0.6) is 0 Å². The van der Waals surface area contributed by atoms with Crippen LogP contribution >= 0.6 is 0 Å². The Balaban J connectivity index is 2.21. The van der Waals surface area contributed by atoms with E-state index in [1.54, 1.807) is 0 Å². The Morgan fingerprint density at radius 2 is 1.92 bits per heavy atom. The van der Waals surface area contributed by atoms with Crippen molar-refractivity contribution in [1.29, 1.82) is 0 Å². The summed E-state index contributed by atoms with van der Waals surface area (Å²) in [4.78, 5) is 22.5. The number of hydrogen-bond acceptors (Lipinski definition) is 3. The number of aryl methyl sites for hydroxylation is 3. The topological polar surface area (TPSA) is 42.3 Å². The first-order valence-corrected chi connectivity index (χ1v) is 10.6. The summed E-state index contributed by atoms with van der Waals surface area (Å²) in [6, 6.07) is 2.19. The van der Waals surface area contributed by atoms with Gasteiger partial charge in [-0.3, -0.25) is 9.78 Å². The van der Waals surface area contributed by atoms with Gasteiger partial charge in [0.15, 0.2) is 5.78 Å². The van der Waals surface area contributed by atoms with Crippen molar-refractivity contribution in [3.05, 3.63) is 23.0 Å². The third-order valence-electron chi connectivity index (χ3n) is 5.39. The molecule has 1 atom stereocenters. The molecule has 3 heteroatoms. The summed E-state index contributed by atoms with van der Waals surface area (Å²) >= 11 is 0. The van der Waals surface area contributed by atoms with Crippen molar-refractivity contribution in [2.24, 2.45) is 10.9 Å². The van der Waals surface area contributed by atoms with E-state index in [-0.39, 0.29) is 5.78 Å². The summed E-state index contributed by atoms with van der Waals surface area (Å²) in [7, 11) is 0. The number of hydrogen-bond donors (Lipinski definition) is 0. The lowest BCUT2D eigenvalue weighted by molar-refractivity contribution is -0.113. The van der Waals surface area contributed by atoms with Crippen molar-refractivity contribution in [3.63, 3.8) is 0 Å². The zero-order valence-electron chi connectivity index (χ0n) is 17.2. The SMILES string of the molecule is CCCC/C(=N\c1cc2c(nc1C)CCCC2)C(=O)CC(C)CCCC. The molecule has 1 unspecified atom stereocenters. The molecule has 2 rings (SSSR count). The minimum Gasteiger partial charge on any atom is -0.293 e. The number of carbonyl (C=O) groups is 1. The maximum atomic E-state index is 12.9. The zero-order chi connectivity index (χ0) is 18.9. The van der Waals surface area contributed by atoms with Gasteiger partial charge in [-0.2, -0.15) is 0 Å². The first-order valence-electron chi connectivity index (χ1n) is 10.6. The number of Topliss-reactive ketones (excluding diaryl/α,β-unsaturated/α-hetero) is 1. The van der Waals surface area contributed by atoms with Crippen LogP contribution in [0.25, 0.3) is 0 Å². The summed E-state index contributed by atoms with van der Waals surface area (Å²) in [6.07, 6.45) is 11.7. The lowest BCUT2D eigenvalue weighted by atomic mass is 9.94. The molecule has 1 aliphatic rings. The third-order valence-corrected chi connectivity index (χ3v) is 5.39. The normalized spacial score (nSPS) is 15.6. The number of pyridine rings is 1. The van der Waals surface area contributed by atoms with E-state index in [0.717, 1.165) is 55.6 Å². The van der Waals surface area contributed by atoms with E-state index in [4.69, 9.17) is 9.98 Å². The van der Waals surface area contributed by atoms with Crippen molar-refractivity contribution in [3.8, 4) is 0 Å². The molecule has 0 aliphatic heterocycles. The molecule has 1 aliphatic carbocycles. The molecular weight excluding hydrogens is 320 g/mol. The molecule has 26 heavy (non-hydrogen) atoms. The van der Waals surface area contributed by atoms with E-state index < -0.39 is 0 Å². The van der Waals surface area contributed by atoms with Crippen molar-refractivity contribution in [1.82, 2.24) is 4.98 Å². The minimum absolute atomic E-state index is 0.235. The first-order chi connectivity index (χ1) is 12.5. The molecule has 0 radical (unpaired) electrons. The maximum Gasteiger partial charge on any atom is 0.177 e. The van der Waals surface area contributed by atoms with E-state index in [9.17, 15) is 4.79 Å². The molecule has 1 aromatic rings. The average Bonchev–Trinajstić information content (AvgIpc) is 2.63. The molecule has 0 amide bonds. The number of carbonyl (C=O) groups excluding carboxylic acids is 1. The van der Waals surface area contributed by atoms with Gasteiger partial charge in [0, 0.05) is 12.1 Å². The number of rotatable bonds is 10. The molecule has 0 aromatic carbocycles. The van der Waals surface area contributed by atoms with Crippen molar-refractivity contribution >= 4 is 17.2 Å². The molecule has 144 valence electrons. The number of ketones is 1. The molecule has 0 N–H and O–H groups in total. The summed E-state index contributed by atoms with van der Waals surface area (Å²) in [5, 5.41) is 0. The fourth-order valence-corrected chi connectivity index (χ4v) is 3.67. The Bertz CT molecular complexity index is 633. The molecular formula is C23H36N2O. The Kier molecular flexibility index (Phi) is 8.47. The van der Waals surface area contributed by atoms with Crippen LogP contribution in [0.4, 0.5) is 5.69 Å². The molecule has 0 saturated carbocycles. The fourth-order valence-electron chi connectivity index (χ4n) is 3.67. The molecule has 0 bridgehead atoms. The quantitative estimate of drug-likeness (QED) is 0.460. The van der Waals surface area contributed by atoms with Gasteiger partial charge >= 0.3 is 0 Å². The summed E-state index contributed by atoms with van der Waals surface area (Å²) < 4.78 is 0. The lowest BCUT2D eigenvalue weighted by Gasteiger charge is -2.17. The van der Waals surface area contributed by atoms with Crippen LogP contribution in [0.3, 0.4) is 0 Å². The molecule has 3 nitrogen and oxygen atoms in total. The lowest BCUT2D eigenvalue weighted by Crippen LogP contribution is -2.17. The second kappa shape index (κ2) is 10.6.